The molecule has 0 spiro atoms. The molecule has 2 aromatic heterocycles. The van der Waals surface area contributed by atoms with Crippen LogP contribution >= 0.6 is 59.1 Å². The lowest BCUT2D eigenvalue weighted by molar-refractivity contribution is -0.131. The van der Waals surface area contributed by atoms with Gasteiger partial charge in [-0.15, -0.1) is 47.5 Å². The molecule has 4 nitrogen and oxygen atoms in total. The Bertz CT molecular complexity index is 656. The van der Waals surface area contributed by atoms with Gasteiger partial charge in [0, 0.05) is 18.5 Å². The van der Waals surface area contributed by atoms with E-state index in [4.69, 9.17) is 11.6 Å². The Kier molecular flexibility index (Phi) is 8.98. The number of amides is 1. The predicted octanol–water partition coefficient (Wildman–Crippen LogP) is 4.12. The van der Waals surface area contributed by atoms with Crippen LogP contribution < -0.4 is 5.32 Å². The van der Waals surface area contributed by atoms with Crippen molar-refractivity contribution in [3.63, 3.8) is 0 Å². The number of thiazole rings is 1. The van der Waals surface area contributed by atoms with Crippen LogP contribution in [-0.4, -0.2) is 42.0 Å². The number of nitrogens with one attached hydrogen (secondary N) is 1. The Labute approximate surface area is 167 Å². The zero-order valence-corrected chi connectivity index (χ0v) is 17.2. The molecule has 0 aliphatic carbocycles. The Morgan fingerprint density at radius 1 is 1.38 bits per heavy atom. The van der Waals surface area contributed by atoms with Crippen molar-refractivity contribution in [1.29, 1.82) is 0 Å². The Morgan fingerprint density at radius 3 is 2.71 bits per heavy atom. The Balaban J connectivity index is 0.00000144. The van der Waals surface area contributed by atoms with Crippen molar-refractivity contribution >= 4 is 65.0 Å². The molecule has 3 rings (SSSR count). The van der Waals surface area contributed by atoms with Crippen molar-refractivity contribution in [3.05, 3.63) is 27.5 Å². The summed E-state index contributed by atoms with van der Waals surface area (Å²) >= 11 is 9.04. The maximum absolute atomic E-state index is 12.4. The second-order valence-electron chi connectivity index (χ2n) is 5.41. The highest BCUT2D eigenvalue weighted by molar-refractivity contribution is 7.23. The highest BCUT2D eigenvalue weighted by Crippen LogP contribution is 2.33. The fourth-order valence-electron chi connectivity index (χ4n) is 2.61. The van der Waals surface area contributed by atoms with Crippen LogP contribution in [0.1, 0.15) is 18.5 Å². The number of hydrogen-bond acceptors (Lipinski definition) is 5. The van der Waals surface area contributed by atoms with Gasteiger partial charge in [-0.3, -0.25) is 4.79 Å². The van der Waals surface area contributed by atoms with Crippen LogP contribution in [0.15, 0.2) is 17.5 Å². The normalized spacial score (nSPS) is 14.6. The number of halogens is 3. The highest BCUT2D eigenvalue weighted by atomic mass is 35.5. The molecule has 134 valence electrons. The summed E-state index contributed by atoms with van der Waals surface area (Å²) in [5.74, 6) is 0.146. The second-order valence-corrected chi connectivity index (χ2v) is 7.98. The molecule has 9 heteroatoms. The third-order valence-electron chi connectivity index (χ3n) is 3.92. The van der Waals surface area contributed by atoms with E-state index in [1.807, 2.05) is 29.5 Å². The van der Waals surface area contributed by atoms with Crippen molar-refractivity contribution in [2.75, 3.05) is 20.1 Å². The van der Waals surface area contributed by atoms with E-state index in [1.54, 1.807) is 11.3 Å². The van der Waals surface area contributed by atoms with Crippen LogP contribution in [0.3, 0.4) is 0 Å². The van der Waals surface area contributed by atoms with Gasteiger partial charge in [-0.2, -0.15) is 0 Å². The molecule has 3 heterocycles. The van der Waals surface area contributed by atoms with E-state index in [1.165, 1.54) is 11.3 Å². The van der Waals surface area contributed by atoms with Crippen molar-refractivity contribution < 1.29 is 4.79 Å². The second kappa shape index (κ2) is 9.94. The molecule has 1 saturated heterocycles. The standard InChI is InChI=1S/C15H18ClN3OS2.2ClH/c1-19(11-4-6-17-7-5-11)14(20)8-10-9-21-15(18-10)12-2-3-13(16)22-12;;/h2-3,9,11,17H,4-8H2,1H3;2*1H. The largest absolute Gasteiger partial charge is 0.342 e. The summed E-state index contributed by atoms with van der Waals surface area (Å²) in [6, 6.07) is 4.19. The maximum Gasteiger partial charge on any atom is 0.228 e. The number of piperidine rings is 1. The van der Waals surface area contributed by atoms with E-state index in [2.05, 4.69) is 10.3 Å². The van der Waals surface area contributed by atoms with E-state index < -0.39 is 0 Å². The minimum absolute atomic E-state index is 0. The minimum atomic E-state index is 0. The van der Waals surface area contributed by atoms with Crippen LogP contribution in [0.4, 0.5) is 0 Å². The number of carbonyl (C=O) groups excluding carboxylic acids is 1. The lowest BCUT2D eigenvalue weighted by atomic mass is 10.0. The van der Waals surface area contributed by atoms with E-state index in [9.17, 15) is 4.79 Å². The van der Waals surface area contributed by atoms with Gasteiger partial charge in [0.2, 0.25) is 5.91 Å². The highest BCUT2D eigenvalue weighted by Gasteiger charge is 2.22. The molecule has 1 aliphatic heterocycles. The maximum atomic E-state index is 12.4. The van der Waals surface area contributed by atoms with Gasteiger partial charge >= 0.3 is 0 Å². The summed E-state index contributed by atoms with van der Waals surface area (Å²) in [5, 5.41) is 6.23. The first-order chi connectivity index (χ1) is 10.6. The van der Waals surface area contributed by atoms with Crippen LogP contribution in [0.2, 0.25) is 4.34 Å². The number of aromatic nitrogens is 1. The van der Waals surface area contributed by atoms with Gasteiger partial charge in [0.05, 0.1) is 21.3 Å². The average molecular weight is 429 g/mol. The summed E-state index contributed by atoms with van der Waals surface area (Å²) < 4.78 is 0.758. The average Bonchev–Trinajstić information content (AvgIpc) is 3.16. The molecule has 0 atom stereocenters. The zero-order chi connectivity index (χ0) is 15.5. The van der Waals surface area contributed by atoms with Gasteiger partial charge in [-0.05, 0) is 38.1 Å². The van der Waals surface area contributed by atoms with Gasteiger partial charge in [0.25, 0.3) is 0 Å². The molecule has 0 unspecified atom stereocenters. The molecule has 0 aromatic carbocycles. The molecule has 24 heavy (non-hydrogen) atoms. The van der Waals surface area contributed by atoms with Crippen LogP contribution in [0.25, 0.3) is 9.88 Å². The van der Waals surface area contributed by atoms with E-state index >= 15 is 0 Å². The summed E-state index contributed by atoms with van der Waals surface area (Å²) in [4.78, 5) is 19.9. The topological polar surface area (TPSA) is 45.2 Å². The molecule has 1 aliphatic rings. The summed E-state index contributed by atoms with van der Waals surface area (Å²) in [7, 11) is 1.91. The van der Waals surface area contributed by atoms with Crippen LogP contribution in [0, 0.1) is 0 Å². The number of hydrogen-bond donors (Lipinski definition) is 1. The molecular weight excluding hydrogens is 409 g/mol. The quantitative estimate of drug-likeness (QED) is 0.796. The third-order valence-corrected chi connectivity index (χ3v) is 6.21. The molecule has 2 aromatic rings. The van der Waals surface area contributed by atoms with Gasteiger partial charge in [0.1, 0.15) is 5.01 Å². The third kappa shape index (κ3) is 5.31. The van der Waals surface area contributed by atoms with Crippen molar-refractivity contribution in [2.45, 2.75) is 25.3 Å². The lowest BCUT2D eigenvalue weighted by Gasteiger charge is -2.31. The Morgan fingerprint density at radius 2 is 2.08 bits per heavy atom. The summed E-state index contributed by atoms with van der Waals surface area (Å²) in [6.45, 7) is 1.98. The molecule has 0 bridgehead atoms. The van der Waals surface area contributed by atoms with Gasteiger partial charge in [-0.1, -0.05) is 11.6 Å². The number of rotatable bonds is 4. The number of carbonyl (C=O) groups is 1. The van der Waals surface area contributed by atoms with Gasteiger partial charge in [0.15, 0.2) is 0 Å². The molecular formula is C15H20Cl3N3OS2. The van der Waals surface area contributed by atoms with E-state index in [-0.39, 0.29) is 30.7 Å². The first-order valence-electron chi connectivity index (χ1n) is 7.30. The number of nitrogens with zero attached hydrogens (tertiary/aromatic N) is 2. The monoisotopic (exact) mass is 427 g/mol. The van der Waals surface area contributed by atoms with Crippen LogP contribution in [0.5, 0.6) is 0 Å². The Hall–Kier alpha value is -0.370. The van der Waals surface area contributed by atoms with Crippen molar-refractivity contribution in [3.8, 4) is 9.88 Å². The first-order valence-corrected chi connectivity index (χ1v) is 9.37. The fourth-order valence-corrected chi connectivity index (χ4v) is 4.54. The zero-order valence-electron chi connectivity index (χ0n) is 13.2. The smallest absolute Gasteiger partial charge is 0.228 e. The van der Waals surface area contributed by atoms with Crippen molar-refractivity contribution in [2.24, 2.45) is 0 Å². The number of thiophene rings is 1. The van der Waals surface area contributed by atoms with Gasteiger partial charge < -0.3 is 10.2 Å². The van der Waals surface area contributed by atoms with Crippen molar-refractivity contribution in [1.82, 2.24) is 15.2 Å². The predicted molar refractivity (Wildman–Crippen MR) is 107 cm³/mol. The van der Waals surface area contributed by atoms with Gasteiger partial charge in [-0.25, -0.2) is 4.98 Å². The fraction of sp³-hybridized carbons (Fsp3) is 0.467. The summed E-state index contributed by atoms with van der Waals surface area (Å²) in [5.41, 5.74) is 0.843. The summed E-state index contributed by atoms with van der Waals surface area (Å²) in [6.07, 6.45) is 2.42. The van der Waals surface area contributed by atoms with E-state index in [0.29, 0.717) is 12.5 Å². The van der Waals surface area contributed by atoms with E-state index in [0.717, 1.165) is 45.8 Å². The molecule has 1 amide bonds. The molecule has 1 fully saturated rings. The molecule has 0 saturated carbocycles. The lowest BCUT2D eigenvalue weighted by Crippen LogP contribution is -2.44. The number of likely N-dealkylation sites (N-methyl/N-ethyl adjacent to an activating group) is 1. The minimum Gasteiger partial charge on any atom is -0.342 e. The molecule has 0 radical (unpaired) electrons. The first kappa shape index (κ1) is 21.7. The molecule has 1 N–H and O–H groups in total. The SMILES string of the molecule is CN(C(=O)Cc1csc(-c2ccc(Cl)s2)n1)C1CCNCC1.Cl.Cl. The van der Waals surface area contributed by atoms with Crippen LogP contribution in [-0.2, 0) is 11.2 Å².